The molecule has 1 aliphatic rings. The Labute approximate surface area is 103 Å². The predicted octanol–water partition coefficient (Wildman–Crippen LogP) is 0.0159. The van der Waals surface area contributed by atoms with E-state index < -0.39 is 5.60 Å². The normalized spacial score (nSPS) is 30.6. The summed E-state index contributed by atoms with van der Waals surface area (Å²) in [5, 5.41) is 12.9. The number of aliphatic hydroxyl groups is 1. The van der Waals surface area contributed by atoms with E-state index in [0.29, 0.717) is 19.4 Å². The van der Waals surface area contributed by atoms with Crippen molar-refractivity contribution >= 4 is 5.91 Å². The van der Waals surface area contributed by atoms with E-state index in [9.17, 15) is 9.90 Å². The van der Waals surface area contributed by atoms with Crippen molar-refractivity contribution in [2.75, 3.05) is 13.2 Å². The molecule has 100 valence electrons. The highest BCUT2D eigenvalue weighted by molar-refractivity contribution is 5.76. The predicted molar refractivity (Wildman–Crippen MR) is 65.4 cm³/mol. The minimum atomic E-state index is -0.933. The SMILES string of the molecule is CC(C)C(N)CC(=O)NCC1(O)CCOC1C. The monoisotopic (exact) mass is 244 g/mol. The summed E-state index contributed by atoms with van der Waals surface area (Å²) in [4.78, 5) is 11.6. The van der Waals surface area contributed by atoms with Gasteiger partial charge in [-0.25, -0.2) is 0 Å². The van der Waals surface area contributed by atoms with Crippen LogP contribution in [0.1, 0.15) is 33.6 Å². The molecule has 1 fully saturated rings. The molecule has 3 unspecified atom stereocenters. The second-order valence-corrected chi connectivity index (χ2v) is 5.26. The molecule has 0 aromatic heterocycles. The summed E-state index contributed by atoms with van der Waals surface area (Å²) in [7, 11) is 0. The highest BCUT2D eigenvalue weighted by atomic mass is 16.5. The fourth-order valence-corrected chi connectivity index (χ4v) is 1.78. The molecule has 0 saturated carbocycles. The second kappa shape index (κ2) is 5.80. The molecule has 5 heteroatoms. The third-order valence-electron chi connectivity index (χ3n) is 3.53. The maximum Gasteiger partial charge on any atom is 0.221 e. The van der Waals surface area contributed by atoms with Crippen LogP contribution in [0.2, 0.25) is 0 Å². The number of nitrogens with one attached hydrogen (secondary N) is 1. The molecule has 1 saturated heterocycles. The first-order valence-electron chi connectivity index (χ1n) is 6.21. The Morgan fingerprint density at radius 2 is 2.29 bits per heavy atom. The van der Waals surface area contributed by atoms with Gasteiger partial charge >= 0.3 is 0 Å². The average molecular weight is 244 g/mol. The minimum absolute atomic E-state index is 0.112. The van der Waals surface area contributed by atoms with E-state index >= 15 is 0 Å². The Hall–Kier alpha value is -0.650. The van der Waals surface area contributed by atoms with Gasteiger partial charge < -0.3 is 20.9 Å². The first kappa shape index (κ1) is 14.4. The summed E-state index contributed by atoms with van der Waals surface area (Å²) >= 11 is 0. The van der Waals surface area contributed by atoms with Gasteiger partial charge in [-0.05, 0) is 12.8 Å². The summed E-state index contributed by atoms with van der Waals surface area (Å²) in [6, 6.07) is -0.137. The molecule has 1 heterocycles. The van der Waals surface area contributed by atoms with E-state index in [1.807, 2.05) is 20.8 Å². The van der Waals surface area contributed by atoms with Crippen LogP contribution >= 0.6 is 0 Å². The van der Waals surface area contributed by atoms with Gasteiger partial charge in [0, 0.05) is 32.0 Å². The molecule has 0 bridgehead atoms. The number of amides is 1. The number of carbonyl (C=O) groups is 1. The van der Waals surface area contributed by atoms with Crippen LogP contribution < -0.4 is 11.1 Å². The smallest absolute Gasteiger partial charge is 0.221 e. The van der Waals surface area contributed by atoms with E-state index in [1.165, 1.54) is 0 Å². The van der Waals surface area contributed by atoms with Gasteiger partial charge in [-0.15, -0.1) is 0 Å². The van der Waals surface area contributed by atoms with Crippen molar-refractivity contribution in [1.29, 1.82) is 0 Å². The van der Waals surface area contributed by atoms with Crippen molar-refractivity contribution in [3.05, 3.63) is 0 Å². The van der Waals surface area contributed by atoms with Crippen LogP contribution in [-0.2, 0) is 9.53 Å². The molecule has 0 aromatic carbocycles. The van der Waals surface area contributed by atoms with Crippen LogP contribution in [0.15, 0.2) is 0 Å². The van der Waals surface area contributed by atoms with Gasteiger partial charge in [0.2, 0.25) is 5.91 Å². The molecular weight excluding hydrogens is 220 g/mol. The highest BCUT2D eigenvalue weighted by Crippen LogP contribution is 2.24. The van der Waals surface area contributed by atoms with E-state index in [-0.39, 0.29) is 30.5 Å². The van der Waals surface area contributed by atoms with Crippen LogP contribution in [0.4, 0.5) is 0 Å². The number of rotatable bonds is 5. The third-order valence-corrected chi connectivity index (χ3v) is 3.53. The van der Waals surface area contributed by atoms with Crippen molar-refractivity contribution < 1.29 is 14.6 Å². The molecule has 4 N–H and O–H groups in total. The van der Waals surface area contributed by atoms with Crippen molar-refractivity contribution in [2.45, 2.75) is 51.4 Å². The Balaban J connectivity index is 2.33. The number of hydrogen-bond donors (Lipinski definition) is 3. The Morgan fingerprint density at radius 3 is 2.76 bits per heavy atom. The second-order valence-electron chi connectivity index (χ2n) is 5.26. The molecule has 0 aromatic rings. The van der Waals surface area contributed by atoms with Crippen molar-refractivity contribution in [2.24, 2.45) is 11.7 Å². The van der Waals surface area contributed by atoms with Gasteiger partial charge in [0.05, 0.1) is 6.10 Å². The van der Waals surface area contributed by atoms with Gasteiger partial charge in [-0.3, -0.25) is 4.79 Å². The Kier molecular flexibility index (Phi) is 4.91. The first-order valence-corrected chi connectivity index (χ1v) is 6.21. The molecule has 1 aliphatic heterocycles. The summed E-state index contributed by atoms with van der Waals surface area (Å²) < 4.78 is 5.29. The average Bonchev–Trinajstić information content (AvgIpc) is 2.57. The largest absolute Gasteiger partial charge is 0.385 e. The zero-order chi connectivity index (χ0) is 13.1. The lowest BCUT2D eigenvalue weighted by Crippen LogP contribution is -2.48. The van der Waals surface area contributed by atoms with E-state index in [1.54, 1.807) is 0 Å². The van der Waals surface area contributed by atoms with E-state index in [0.717, 1.165) is 0 Å². The van der Waals surface area contributed by atoms with Crippen molar-refractivity contribution in [1.82, 2.24) is 5.32 Å². The fourth-order valence-electron chi connectivity index (χ4n) is 1.78. The van der Waals surface area contributed by atoms with Crippen LogP contribution in [0.25, 0.3) is 0 Å². The summed E-state index contributed by atoms with van der Waals surface area (Å²) in [5.41, 5.74) is 4.88. The van der Waals surface area contributed by atoms with Gasteiger partial charge in [-0.1, -0.05) is 13.8 Å². The van der Waals surface area contributed by atoms with E-state index in [4.69, 9.17) is 10.5 Å². The van der Waals surface area contributed by atoms with Crippen LogP contribution in [-0.4, -0.2) is 41.9 Å². The van der Waals surface area contributed by atoms with Crippen molar-refractivity contribution in [3.8, 4) is 0 Å². The van der Waals surface area contributed by atoms with Crippen LogP contribution in [0.3, 0.4) is 0 Å². The van der Waals surface area contributed by atoms with Gasteiger partial charge in [0.15, 0.2) is 0 Å². The maximum atomic E-state index is 11.6. The third kappa shape index (κ3) is 3.94. The Bertz CT molecular complexity index is 270. The molecule has 5 nitrogen and oxygen atoms in total. The highest BCUT2D eigenvalue weighted by Gasteiger charge is 2.39. The molecule has 3 atom stereocenters. The lowest BCUT2D eigenvalue weighted by molar-refractivity contribution is -0.123. The zero-order valence-corrected chi connectivity index (χ0v) is 10.9. The Morgan fingerprint density at radius 1 is 1.65 bits per heavy atom. The minimum Gasteiger partial charge on any atom is -0.385 e. The van der Waals surface area contributed by atoms with Gasteiger partial charge in [-0.2, -0.15) is 0 Å². The molecule has 0 aliphatic carbocycles. The fraction of sp³-hybridized carbons (Fsp3) is 0.917. The summed E-state index contributed by atoms with van der Waals surface area (Å²) in [6.45, 7) is 6.56. The first-order chi connectivity index (χ1) is 7.85. The van der Waals surface area contributed by atoms with Crippen LogP contribution in [0, 0.1) is 5.92 Å². The number of nitrogens with two attached hydrogens (primary N) is 1. The molecule has 1 rings (SSSR count). The molecule has 1 amide bonds. The van der Waals surface area contributed by atoms with Gasteiger partial charge in [0.1, 0.15) is 5.60 Å². The number of carbonyl (C=O) groups excluding carboxylic acids is 1. The molecule has 0 spiro atoms. The van der Waals surface area contributed by atoms with Crippen LogP contribution in [0.5, 0.6) is 0 Å². The number of ether oxygens (including phenoxy) is 1. The van der Waals surface area contributed by atoms with E-state index in [2.05, 4.69) is 5.32 Å². The lowest BCUT2D eigenvalue weighted by atomic mass is 9.96. The molecule has 17 heavy (non-hydrogen) atoms. The lowest BCUT2D eigenvalue weighted by Gasteiger charge is -2.26. The number of hydrogen-bond acceptors (Lipinski definition) is 4. The van der Waals surface area contributed by atoms with Gasteiger partial charge in [0.25, 0.3) is 0 Å². The zero-order valence-electron chi connectivity index (χ0n) is 10.9. The maximum absolute atomic E-state index is 11.6. The molecular formula is C12H24N2O3. The molecule has 0 radical (unpaired) electrons. The quantitative estimate of drug-likeness (QED) is 0.636. The summed E-state index contributed by atoms with van der Waals surface area (Å²) in [5.74, 6) is 0.163. The summed E-state index contributed by atoms with van der Waals surface area (Å²) in [6.07, 6.45) is 0.620. The van der Waals surface area contributed by atoms with Crippen molar-refractivity contribution in [3.63, 3.8) is 0 Å². The topological polar surface area (TPSA) is 84.6 Å². The standard InChI is InChI=1S/C12H24N2O3/c1-8(2)10(13)6-11(15)14-7-12(16)4-5-17-9(12)3/h8-10,16H,4-7,13H2,1-3H3,(H,14,15).